The third-order valence-electron chi connectivity index (χ3n) is 5.16. The van der Waals surface area contributed by atoms with Crippen LogP contribution in [0.3, 0.4) is 0 Å². The standard InChI is InChI=1S/C24H19F3N2O2/c25-20-10-16(11-21(26)23(20)27)14-5-7-15(8-6-14)24(31)29-18(13-30)9-17-12-28-22-4-2-1-3-19(17)22/h1-8,10-12,18,28,30H,9,13H2,(H,29,31). The minimum Gasteiger partial charge on any atom is -0.394 e. The van der Waals surface area contributed by atoms with Crippen LogP contribution in [-0.4, -0.2) is 28.6 Å². The molecule has 1 aromatic heterocycles. The molecule has 0 aliphatic heterocycles. The van der Waals surface area contributed by atoms with E-state index >= 15 is 0 Å². The molecule has 4 nitrogen and oxygen atoms in total. The van der Waals surface area contributed by atoms with Gasteiger partial charge in [-0.25, -0.2) is 13.2 Å². The number of rotatable bonds is 6. The predicted octanol–water partition coefficient (Wildman–Crippen LogP) is 4.59. The Morgan fingerprint density at radius 3 is 2.32 bits per heavy atom. The monoisotopic (exact) mass is 424 g/mol. The average Bonchev–Trinajstić information content (AvgIpc) is 3.19. The first-order chi connectivity index (χ1) is 15.0. The van der Waals surface area contributed by atoms with Gasteiger partial charge in [0.25, 0.3) is 5.91 Å². The van der Waals surface area contributed by atoms with Crippen molar-refractivity contribution in [3.8, 4) is 11.1 Å². The number of carbonyl (C=O) groups is 1. The summed E-state index contributed by atoms with van der Waals surface area (Å²) in [4.78, 5) is 15.8. The Balaban J connectivity index is 1.47. The molecule has 1 heterocycles. The van der Waals surface area contributed by atoms with Gasteiger partial charge in [-0.3, -0.25) is 4.79 Å². The van der Waals surface area contributed by atoms with E-state index in [0.717, 1.165) is 28.6 Å². The number of fused-ring (bicyclic) bond motifs is 1. The fourth-order valence-electron chi connectivity index (χ4n) is 3.53. The van der Waals surface area contributed by atoms with Gasteiger partial charge in [0.05, 0.1) is 12.6 Å². The summed E-state index contributed by atoms with van der Waals surface area (Å²) in [6, 6.07) is 15.1. The molecule has 0 saturated heterocycles. The number of nitrogens with one attached hydrogen (secondary N) is 2. The van der Waals surface area contributed by atoms with Crippen LogP contribution in [0.5, 0.6) is 0 Å². The summed E-state index contributed by atoms with van der Waals surface area (Å²) in [5.74, 6) is -4.47. The fourth-order valence-corrected chi connectivity index (χ4v) is 3.53. The van der Waals surface area contributed by atoms with Crippen LogP contribution in [0.15, 0.2) is 66.9 Å². The minimum absolute atomic E-state index is 0.163. The van der Waals surface area contributed by atoms with Gasteiger partial charge in [-0.2, -0.15) is 0 Å². The average molecular weight is 424 g/mol. The summed E-state index contributed by atoms with van der Waals surface area (Å²) in [5, 5.41) is 13.6. The van der Waals surface area contributed by atoms with Gasteiger partial charge >= 0.3 is 0 Å². The molecule has 0 saturated carbocycles. The third kappa shape index (κ3) is 4.32. The number of halogens is 3. The number of hydrogen-bond donors (Lipinski definition) is 3. The van der Waals surface area contributed by atoms with E-state index in [1.807, 2.05) is 30.5 Å². The van der Waals surface area contributed by atoms with Crippen LogP contribution < -0.4 is 5.32 Å². The number of aromatic amines is 1. The molecular formula is C24H19F3N2O2. The molecule has 1 unspecified atom stereocenters. The Kier molecular flexibility index (Phi) is 5.77. The van der Waals surface area contributed by atoms with E-state index in [4.69, 9.17) is 0 Å². The first-order valence-corrected chi connectivity index (χ1v) is 9.68. The van der Waals surface area contributed by atoms with Gasteiger partial charge in [0, 0.05) is 22.7 Å². The molecule has 0 radical (unpaired) electrons. The van der Waals surface area contributed by atoms with Crippen molar-refractivity contribution in [2.45, 2.75) is 12.5 Å². The minimum atomic E-state index is -1.52. The number of aliphatic hydroxyl groups is 1. The highest BCUT2D eigenvalue weighted by molar-refractivity contribution is 5.95. The van der Waals surface area contributed by atoms with Gasteiger partial charge in [-0.1, -0.05) is 30.3 Å². The zero-order valence-electron chi connectivity index (χ0n) is 16.3. The molecule has 0 aliphatic rings. The van der Waals surface area contributed by atoms with E-state index in [1.54, 1.807) is 0 Å². The summed E-state index contributed by atoms with van der Waals surface area (Å²) >= 11 is 0. The van der Waals surface area contributed by atoms with Crippen LogP contribution >= 0.6 is 0 Å². The molecule has 0 aliphatic carbocycles. The maximum absolute atomic E-state index is 13.5. The van der Waals surface area contributed by atoms with Crippen molar-refractivity contribution in [3.05, 3.63) is 95.4 Å². The van der Waals surface area contributed by atoms with Crippen molar-refractivity contribution in [2.75, 3.05) is 6.61 Å². The molecule has 0 spiro atoms. The van der Waals surface area contributed by atoms with Crippen molar-refractivity contribution < 1.29 is 23.1 Å². The Labute approximate surface area is 176 Å². The molecular weight excluding hydrogens is 405 g/mol. The largest absolute Gasteiger partial charge is 0.394 e. The lowest BCUT2D eigenvalue weighted by Gasteiger charge is -2.16. The van der Waals surface area contributed by atoms with Crippen LogP contribution in [0, 0.1) is 17.5 Å². The van der Waals surface area contributed by atoms with E-state index in [1.165, 1.54) is 24.3 Å². The van der Waals surface area contributed by atoms with E-state index in [0.29, 0.717) is 17.5 Å². The van der Waals surface area contributed by atoms with Crippen LogP contribution in [0.25, 0.3) is 22.0 Å². The zero-order chi connectivity index (χ0) is 22.0. The third-order valence-corrected chi connectivity index (χ3v) is 5.16. The molecule has 0 bridgehead atoms. The zero-order valence-corrected chi connectivity index (χ0v) is 16.3. The van der Waals surface area contributed by atoms with Crippen LogP contribution in [0.4, 0.5) is 13.2 Å². The predicted molar refractivity (Wildman–Crippen MR) is 112 cm³/mol. The second-order valence-corrected chi connectivity index (χ2v) is 7.25. The van der Waals surface area contributed by atoms with Crippen molar-refractivity contribution >= 4 is 16.8 Å². The summed E-state index contributed by atoms with van der Waals surface area (Å²) in [5.41, 5.74) is 2.88. The van der Waals surface area contributed by atoms with Crippen molar-refractivity contribution in [3.63, 3.8) is 0 Å². The molecule has 4 aromatic rings. The molecule has 158 valence electrons. The topological polar surface area (TPSA) is 65.1 Å². The number of aliphatic hydroxyl groups excluding tert-OH is 1. The summed E-state index contributed by atoms with van der Waals surface area (Å²) < 4.78 is 40.1. The first-order valence-electron chi connectivity index (χ1n) is 9.68. The normalized spacial score (nSPS) is 12.1. The maximum Gasteiger partial charge on any atom is 0.251 e. The number of carbonyl (C=O) groups excluding carboxylic acids is 1. The van der Waals surface area contributed by atoms with Gasteiger partial charge < -0.3 is 15.4 Å². The highest BCUT2D eigenvalue weighted by atomic mass is 19.2. The number of aromatic nitrogens is 1. The van der Waals surface area contributed by atoms with E-state index in [-0.39, 0.29) is 18.1 Å². The van der Waals surface area contributed by atoms with Crippen molar-refractivity contribution in [1.82, 2.24) is 10.3 Å². The molecule has 3 N–H and O–H groups in total. The number of amides is 1. The lowest BCUT2D eigenvalue weighted by atomic mass is 10.0. The van der Waals surface area contributed by atoms with Gasteiger partial charge in [0.2, 0.25) is 0 Å². The lowest BCUT2D eigenvalue weighted by Crippen LogP contribution is -2.39. The molecule has 1 amide bonds. The van der Waals surface area contributed by atoms with Crippen molar-refractivity contribution in [1.29, 1.82) is 0 Å². The number of para-hydroxylation sites is 1. The highest BCUT2D eigenvalue weighted by Gasteiger charge is 2.16. The number of benzene rings is 3. The maximum atomic E-state index is 13.5. The summed E-state index contributed by atoms with van der Waals surface area (Å²) in [6.45, 7) is -0.239. The van der Waals surface area contributed by atoms with Gasteiger partial charge in [-0.15, -0.1) is 0 Å². The fraction of sp³-hybridized carbons (Fsp3) is 0.125. The van der Waals surface area contributed by atoms with Gasteiger partial charge in [0.15, 0.2) is 17.5 Å². The molecule has 3 aromatic carbocycles. The van der Waals surface area contributed by atoms with Gasteiger partial charge in [0.1, 0.15) is 0 Å². The van der Waals surface area contributed by atoms with E-state index in [2.05, 4.69) is 10.3 Å². The Bertz CT molecular complexity index is 1210. The first kappa shape index (κ1) is 20.7. The molecule has 4 rings (SSSR count). The molecule has 1 atom stereocenters. The van der Waals surface area contributed by atoms with Gasteiger partial charge in [-0.05, 0) is 53.4 Å². The molecule has 0 fully saturated rings. The number of hydrogen-bond acceptors (Lipinski definition) is 2. The lowest BCUT2D eigenvalue weighted by molar-refractivity contribution is 0.0916. The van der Waals surface area contributed by atoms with Crippen molar-refractivity contribution in [2.24, 2.45) is 0 Å². The molecule has 31 heavy (non-hydrogen) atoms. The highest BCUT2D eigenvalue weighted by Crippen LogP contribution is 2.24. The molecule has 7 heteroatoms. The summed E-state index contributed by atoms with van der Waals surface area (Å²) in [6.07, 6.45) is 2.30. The second-order valence-electron chi connectivity index (χ2n) is 7.25. The Morgan fingerprint density at radius 1 is 0.968 bits per heavy atom. The summed E-state index contributed by atoms with van der Waals surface area (Å²) in [7, 11) is 0. The quantitative estimate of drug-likeness (QED) is 0.397. The van der Waals surface area contributed by atoms with E-state index < -0.39 is 23.5 Å². The van der Waals surface area contributed by atoms with Crippen LogP contribution in [0.2, 0.25) is 0 Å². The van der Waals surface area contributed by atoms with E-state index in [9.17, 15) is 23.1 Å². The Morgan fingerprint density at radius 2 is 1.65 bits per heavy atom. The van der Waals surface area contributed by atoms with Crippen LogP contribution in [0.1, 0.15) is 15.9 Å². The Hall–Kier alpha value is -3.58. The second kappa shape index (κ2) is 8.65. The van der Waals surface area contributed by atoms with Crippen LogP contribution in [-0.2, 0) is 6.42 Å². The smallest absolute Gasteiger partial charge is 0.251 e. The SMILES string of the molecule is O=C(NC(CO)Cc1c[nH]c2ccccc12)c1ccc(-c2cc(F)c(F)c(F)c2)cc1. The number of H-pyrrole nitrogens is 1.